The molecule has 24 heavy (non-hydrogen) atoms. The van der Waals surface area contributed by atoms with Crippen molar-refractivity contribution in [3.05, 3.63) is 35.9 Å². The predicted molar refractivity (Wildman–Crippen MR) is 105 cm³/mol. The number of hydrogen-bond donors (Lipinski definition) is 0. The Hall–Kier alpha value is -1.08. The standard InChI is InChI=1S/C21H34O2Si/c1-7-13-20(22-18-19-14-9-8-10-15-19)16-11-12-17-23-24(5,6)21(2,3)4/h1,8-10,14-15,20H,11-13,16-18H2,2-6H3/t20-/m1/s1. The lowest BCUT2D eigenvalue weighted by molar-refractivity contribution is 0.0361. The van der Waals surface area contributed by atoms with Crippen molar-refractivity contribution in [2.45, 2.75) is 77.3 Å². The molecule has 0 fully saturated rings. The molecular formula is C21H34O2Si. The highest BCUT2D eigenvalue weighted by Crippen LogP contribution is 2.36. The molecule has 0 aliphatic rings. The molecule has 0 unspecified atom stereocenters. The smallest absolute Gasteiger partial charge is 0.191 e. The molecule has 0 spiro atoms. The predicted octanol–water partition coefficient (Wildman–Crippen LogP) is 5.79. The number of ether oxygens (including phenoxy) is 1. The van der Waals surface area contributed by atoms with Gasteiger partial charge in [0.05, 0.1) is 12.7 Å². The van der Waals surface area contributed by atoms with Crippen molar-refractivity contribution in [2.24, 2.45) is 0 Å². The highest BCUT2D eigenvalue weighted by Gasteiger charge is 2.36. The molecule has 1 rings (SSSR count). The van der Waals surface area contributed by atoms with E-state index in [1.165, 1.54) is 5.56 Å². The Bertz CT molecular complexity index is 497. The van der Waals surface area contributed by atoms with Gasteiger partial charge in [0.1, 0.15) is 0 Å². The third-order valence-corrected chi connectivity index (χ3v) is 9.40. The van der Waals surface area contributed by atoms with Gasteiger partial charge in [-0.3, -0.25) is 0 Å². The SMILES string of the molecule is C#CC[C@H](CCCCO[Si](C)(C)C(C)(C)C)OCc1ccccc1. The molecule has 0 radical (unpaired) electrons. The summed E-state index contributed by atoms with van der Waals surface area (Å²) in [6.07, 6.45) is 9.47. The van der Waals surface area contributed by atoms with E-state index in [1.807, 2.05) is 18.2 Å². The van der Waals surface area contributed by atoms with Crippen LogP contribution >= 0.6 is 0 Å². The van der Waals surface area contributed by atoms with E-state index in [0.717, 1.165) is 25.9 Å². The molecule has 0 bridgehead atoms. The maximum atomic E-state index is 6.22. The highest BCUT2D eigenvalue weighted by molar-refractivity contribution is 6.74. The van der Waals surface area contributed by atoms with Crippen LogP contribution in [-0.2, 0) is 15.8 Å². The summed E-state index contributed by atoms with van der Waals surface area (Å²) in [4.78, 5) is 0. The van der Waals surface area contributed by atoms with Crippen LogP contribution in [0.15, 0.2) is 30.3 Å². The van der Waals surface area contributed by atoms with Crippen molar-refractivity contribution in [3.63, 3.8) is 0 Å². The van der Waals surface area contributed by atoms with E-state index in [4.69, 9.17) is 15.6 Å². The largest absolute Gasteiger partial charge is 0.417 e. The number of benzene rings is 1. The monoisotopic (exact) mass is 346 g/mol. The second-order valence-corrected chi connectivity index (χ2v) is 12.7. The van der Waals surface area contributed by atoms with Crippen LogP contribution < -0.4 is 0 Å². The summed E-state index contributed by atoms with van der Waals surface area (Å²) in [7, 11) is -1.62. The number of terminal acetylenes is 1. The average molecular weight is 347 g/mol. The van der Waals surface area contributed by atoms with Crippen LogP contribution in [0.4, 0.5) is 0 Å². The lowest BCUT2D eigenvalue weighted by Gasteiger charge is -2.36. The van der Waals surface area contributed by atoms with E-state index in [-0.39, 0.29) is 11.1 Å². The van der Waals surface area contributed by atoms with Crippen LogP contribution in [0.3, 0.4) is 0 Å². The molecule has 1 atom stereocenters. The zero-order valence-corrected chi connectivity index (χ0v) is 17.1. The topological polar surface area (TPSA) is 18.5 Å². The fourth-order valence-electron chi connectivity index (χ4n) is 2.18. The third kappa shape index (κ3) is 7.66. The van der Waals surface area contributed by atoms with Crippen molar-refractivity contribution >= 4 is 8.32 Å². The molecule has 1 aromatic carbocycles. The van der Waals surface area contributed by atoms with Gasteiger partial charge in [-0.2, -0.15) is 0 Å². The quantitative estimate of drug-likeness (QED) is 0.303. The zero-order valence-electron chi connectivity index (χ0n) is 16.1. The summed E-state index contributed by atoms with van der Waals surface area (Å²) in [5, 5.41) is 0.276. The van der Waals surface area contributed by atoms with Crippen LogP contribution in [-0.4, -0.2) is 21.0 Å². The van der Waals surface area contributed by atoms with Gasteiger partial charge in [-0.15, -0.1) is 12.3 Å². The second kappa shape index (κ2) is 10.0. The summed E-state index contributed by atoms with van der Waals surface area (Å²) in [6, 6.07) is 10.3. The van der Waals surface area contributed by atoms with Crippen molar-refractivity contribution in [1.82, 2.24) is 0 Å². The van der Waals surface area contributed by atoms with Gasteiger partial charge in [-0.25, -0.2) is 0 Å². The summed E-state index contributed by atoms with van der Waals surface area (Å²) in [5.74, 6) is 2.74. The van der Waals surface area contributed by atoms with Gasteiger partial charge in [-0.05, 0) is 43.0 Å². The highest BCUT2D eigenvalue weighted by atomic mass is 28.4. The molecule has 0 amide bonds. The molecule has 0 aliphatic heterocycles. The first-order valence-electron chi connectivity index (χ1n) is 8.99. The summed E-state index contributed by atoms with van der Waals surface area (Å²) >= 11 is 0. The van der Waals surface area contributed by atoms with E-state index < -0.39 is 8.32 Å². The van der Waals surface area contributed by atoms with Crippen LogP contribution in [0.25, 0.3) is 0 Å². The van der Waals surface area contributed by atoms with Gasteiger partial charge in [0, 0.05) is 13.0 Å². The average Bonchev–Trinajstić information content (AvgIpc) is 2.52. The van der Waals surface area contributed by atoms with Gasteiger partial charge in [0.15, 0.2) is 8.32 Å². The zero-order chi connectivity index (χ0) is 18.1. The Labute approximate surface area is 150 Å². The maximum absolute atomic E-state index is 6.22. The summed E-state index contributed by atoms with van der Waals surface area (Å²) in [6.45, 7) is 12.9. The summed E-state index contributed by atoms with van der Waals surface area (Å²) in [5.41, 5.74) is 1.20. The minimum atomic E-state index is -1.62. The van der Waals surface area contributed by atoms with E-state index >= 15 is 0 Å². The normalized spacial score (nSPS) is 13.5. The van der Waals surface area contributed by atoms with E-state index in [0.29, 0.717) is 13.0 Å². The maximum Gasteiger partial charge on any atom is 0.191 e. The number of unbranched alkanes of at least 4 members (excludes halogenated alkanes) is 1. The number of hydrogen-bond acceptors (Lipinski definition) is 2. The molecular weight excluding hydrogens is 312 g/mol. The molecule has 0 N–H and O–H groups in total. The van der Waals surface area contributed by atoms with Crippen LogP contribution in [0.5, 0.6) is 0 Å². The van der Waals surface area contributed by atoms with E-state index in [9.17, 15) is 0 Å². The van der Waals surface area contributed by atoms with Gasteiger partial charge in [0.2, 0.25) is 0 Å². The van der Waals surface area contributed by atoms with E-state index in [1.54, 1.807) is 0 Å². The Morgan fingerprint density at radius 1 is 1.12 bits per heavy atom. The molecule has 134 valence electrons. The minimum Gasteiger partial charge on any atom is -0.417 e. The third-order valence-electron chi connectivity index (χ3n) is 4.86. The lowest BCUT2D eigenvalue weighted by atomic mass is 10.1. The summed E-state index contributed by atoms with van der Waals surface area (Å²) < 4.78 is 12.2. The van der Waals surface area contributed by atoms with Gasteiger partial charge in [0.25, 0.3) is 0 Å². The Kier molecular flexibility index (Phi) is 8.76. The number of rotatable bonds is 10. The molecule has 0 saturated carbocycles. The van der Waals surface area contributed by atoms with Gasteiger partial charge < -0.3 is 9.16 Å². The fraction of sp³-hybridized carbons (Fsp3) is 0.619. The van der Waals surface area contributed by atoms with Crippen molar-refractivity contribution in [3.8, 4) is 12.3 Å². The molecule has 1 aromatic rings. The van der Waals surface area contributed by atoms with Crippen molar-refractivity contribution in [2.75, 3.05) is 6.61 Å². The van der Waals surface area contributed by atoms with Crippen molar-refractivity contribution < 1.29 is 9.16 Å². The molecule has 3 heteroatoms. The fourth-order valence-corrected chi connectivity index (χ4v) is 3.27. The Balaban J connectivity index is 2.28. The van der Waals surface area contributed by atoms with Crippen LogP contribution in [0, 0.1) is 12.3 Å². The molecule has 0 aliphatic carbocycles. The molecule has 0 aromatic heterocycles. The first-order chi connectivity index (χ1) is 11.3. The first kappa shape index (κ1) is 21.0. The Morgan fingerprint density at radius 3 is 2.38 bits per heavy atom. The lowest BCUT2D eigenvalue weighted by Crippen LogP contribution is -2.40. The van der Waals surface area contributed by atoms with Crippen molar-refractivity contribution in [1.29, 1.82) is 0 Å². The second-order valence-electron chi connectivity index (χ2n) is 7.93. The van der Waals surface area contributed by atoms with E-state index in [2.05, 4.69) is 51.9 Å². The van der Waals surface area contributed by atoms with Gasteiger partial charge >= 0.3 is 0 Å². The minimum absolute atomic E-state index is 0.142. The van der Waals surface area contributed by atoms with Gasteiger partial charge in [-0.1, -0.05) is 51.1 Å². The Morgan fingerprint density at radius 2 is 1.79 bits per heavy atom. The molecule has 0 heterocycles. The first-order valence-corrected chi connectivity index (χ1v) is 11.9. The molecule has 0 saturated heterocycles. The molecule has 2 nitrogen and oxygen atoms in total. The van der Waals surface area contributed by atoms with Crippen LogP contribution in [0.1, 0.15) is 52.0 Å². The van der Waals surface area contributed by atoms with Crippen LogP contribution in [0.2, 0.25) is 18.1 Å².